The number of fused-ring (bicyclic) bond motifs is 1. The van der Waals surface area contributed by atoms with E-state index in [1.807, 2.05) is 37.4 Å². The number of aromatic amines is 1. The fourth-order valence-electron chi connectivity index (χ4n) is 4.78. The van der Waals surface area contributed by atoms with Crippen molar-refractivity contribution in [2.24, 2.45) is 0 Å². The van der Waals surface area contributed by atoms with Crippen LogP contribution in [0.3, 0.4) is 0 Å². The number of nitrogens with one attached hydrogen (secondary N) is 2. The molecular formula is C27H25FN4O3. The molecule has 1 fully saturated rings. The Balaban J connectivity index is 1.35. The standard InChI is InChI=1S/C27H25FN4O3/c1-15-8-9-19(12-22(15)28)32-16(2)10-21(17(32)3)25(33)14-31-26(34)24(30-27(31)35)11-18-13-29-23-7-5-4-6-20(18)23/h4-10,12-13,24,29H,11,14H2,1-3H3,(H,30,35)/t24-/m0/s1. The highest BCUT2D eigenvalue weighted by atomic mass is 19.1. The monoisotopic (exact) mass is 472 g/mol. The van der Waals surface area contributed by atoms with E-state index in [1.165, 1.54) is 6.07 Å². The Labute approximate surface area is 201 Å². The van der Waals surface area contributed by atoms with Gasteiger partial charge in [-0.1, -0.05) is 24.3 Å². The average molecular weight is 473 g/mol. The quantitative estimate of drug-likeness (QED) is 0.323. The summed E-state index contributed by atoms with van der Waals surface area (Å²) < 4.78 is 15.9. The van der Waals surface area contributed by atoms with Crippen LogP contribution in [0.25, 0.3) is 16.6 Å². The first-order valence-corrected chi connectivity index (χ1v) is 11.4. The van der Waals surface area contributed by atoms with Gasteiger partial charge in [-0.05, 0) is 56.2 Å². The van der Waals surface area contributed by atoms with Gasteiger partial charge in [0.25, 0.3) is 5.91 Å². The van der Waals surface area contributed by atoms with Crippen molar-refractivity contribution < 1.29 is 18.8 Å². The van der Waals surface area contributed by atoms with E-state index in [4.69, 9.17) is 0 Å². The molecule has 178 valence electrons. The van der Waals surface area contributed by atoms with Gasteiger partial charge in [0.15, 0.2) is 5.78 Å². The number of ketones is 1. The van der Waals surface area contributed by atoms with Gasteiger partial charge in [-0.25, -0.2) is 9.18 Å². The Kier molecular flexibility index (Phi) is 5.51. The summed E-state index contributed by atoms with van der Waals surface area (Å²) in [6.45, 7) is 4.92. The summed E-state index contributed by atoms with van der Waals surface area (Å²) in [5, 5.41) is 3.70. The van der Waals surface area contributed by atoms with E-state index in [2.05, 4.69) is 10.3 Å². The second kappa shape index (κ2) is 8.54. The Bertz CT molecular complexity index is 1500. The Morgan fingerprint density at radius 2 is 1.83 bits per heavy atom. The molecule has 2 N–H and O–H groups in total. The van der Waals surface area contributed by atoms with Gasteiger partial charge in [0.1, 0.15) is 11.9 Å². The molecule has 2 aromatic carbocycles. The molecule has 1 atom stereocenters. The van der Waals surface area contributed by atoms with E-state index >= 15 is 0 Å². The molecule has 8 heteroatoms. The lowest BCUT2D eigenvalue weighted by Gasteiger charge is -2.13. The molecule has 0 aliphatic carbocycles. The van der Waals surface area contributed by atoms with E-state index < -0.39 is 18.0 Å². The molecule has 7 nitrogen and oxygen atoms in total. The summed E-state index contributed by atoms with van der Waals surface area (Å²) in [6.07, 6.45) is 2.16. The number of H-pyrrole nitrogens is 1. The summed E-state index contributed by atoms with van der Waals surface area (Å²) in [6, 6.07) is 13.0. The molecule has 0 spiro atoms. The number of halogens is 1. The molecule has 3 amide bonds. The zero-order valence-electron chi connectivity index (χ0n) is 19.7. The van der Waals surface area contributed by atoms with E-state index in [1.54, 1.807) is 36.6 Å². The third-order valence-corrected chi connectivity index (χ3v) is 6.65. The molecule has 4 aromatic rings. The van der Waals surface area contributed by atoms with Crippen molar-refractivity contribution in [2.45, 2.75) is 33.2 Å². The van der Waals surface area contributed by atoms with Crippen LogP contribution >= 0.6 is 0 Å². The maximum atomic E-state index is 14.1. The molecule has 3 heterocycles. The summed E-state index contributed by atoms with van der Waals surface area (Å²) in [7, 11) is 0. The first-order chi connectivity index (χ1) is 16.7. The minimum Gasteiger partial charge on any atom is -0.361 e. The molecule has 0 saturated carbocycles. The summed E-state index contributed by atoms with van der Waals surface area (Å²) in [5.41, 5.74) is 4.78. The van der Waals surface area contributed by atoms with Crippen molar-refractivity contribution in [1.29, 1.82) is 0 Å². The Morgan fingerprint density at radius 3 is 2.60 bits per heavy atom. The van der Waals surface area contributed by atoms with E-state index in [9.17, 15) is 18.8 Å². The number of hydrogen-bond donors (Lipinski definition) is 2. The molecule has 0 bridgehead atoms. The smallest absolute Gasteiger partial charge is 0.325 e. The maximum Gasteiger partial charge on any atom is 0.325 e. The molecule has 35 heavy (non-hydrogen) atoms. The van der Waals surface area contributed by atoms with Crippen LogP contribution in [0.15, 0.2) is 54.7 Å². The molecule has 0 radical (unpaired) electrons. The number of nitrogens with zero attached hydrogens (tertiary/aromatic N) is 2. The molecule has 2 aromatic heterocycles. The fraction of sp³-hybridized carbons (Fsp3) is 0.222. The van der Waals surface area contributed by atoms with Crippen LogP contribution in [-0.2, 0) is 11.2 Å². The zero-order valence-corrected chi connectivity index (χ0v) is 19.7. The van der Waals surface area contributed by atoms with Crippen molar-refractivity contribution in [3.8, 4) is 5.69 Å². The number of carbonyl (C=O) groups is 3. The SMILES string of the molecule is Cc1ccc(-n2c(C)cc(C(=O)CN3C(=O)N[C@@H](Cc4c[nH]c5ccccc45)C3=O)c2C)cc1F. The number of urea groups is 1. The van der Waals surface area contributed by atoms with Crippen LogP contribution < -0.4 is 5.32 Å². The van der Waals surface area contributed by atoms with Crippen molar-refractivity contribution >= 4 is 28.6 Å². The molecule has 0 unspecified atom stereocenters. The Hall–Kier alpha value is -4.20. The molecular weight excluding hydrogens is 447 g/mol. The first kappa shape index (κ1) is 22.6. The summed E-state index contributed by atoms with van der Waals surface area (Å²) in [4.78, 5) is 42.9. The summed E-state index contributed by atoms with van der Waals surface area (Å²) >= 11 is 0. The lowest BCUT2D eigenvalue weighted by Crippen LogP contribution is -2.36. The predicted octanol–water partition coefficient (Wildman–Crippen LogP) is 4.37. The first-order valence-electron chi connectivity index (χ1n) is 11.4. The molecule has 1 saturated heterocycles. The van der Waals surface area contributed by atoms with Gasteiger partial charge in [0.05, 0.1) is 6.54 Å². The number of para-hydroxylation sites is 1. The lowest BCUT2D eigenvalue weighted by atomic mass is 10.0. The maximum absolute atomic E-state index is 14.1. The van der Waals surface area contributed by atoms with Crippen molar-refractivity contribution in [2.75, 3.05) is 6.54 Å². The Morgan fingerprint density at radius 1 is 1.06 bits per heavy atom. The van der Waals surface area contributed by atoms with E-state index in [-0.39, 0.29) is 18.1 Å². The second-order valence-corrected chi connectivity index (χ2v) is 8.97. The van der Waals surface area contributed by atoms with Gasteiger partial charge in [-0.3, -0.25) is 14.5 Å². The third kappa shape index (κ3) is 3.90. The zero-order chi connectivity index (χ0) is 24.9. The van der Waals surface area contributed by atoms with Crippen LogP contribution in [0, 0.1) is 26.6 Å². The van der Waals surface area contributed by atoms with Crippen LogP contribution in [0.2, 0.25) is 0 Å². The average Bonchev–Trinajstić information content (AvgIpc) is 3.46. The van der Waals surface area contributed by atoms with Gasteiger partial charge in [-0.2, -0.15) is 0 Å². The topological polar surface area (TPSA) is 87.2 Å². The van der Waals surface area contributed by atoms with Crippen LogP contribution in [0.1, 0.15) is 32.9 Å². The summed E-state index contributed by atoms with van der Waals surface area (Å²) in [5.74, 6) is -1.11. The number of benzene rings is 2. The van der Waals surface area contributed by atoms with Gasteiger partial charge < -0.3 is 14.9 Å². The van der Waals surface area contributed by atoms with Gasteiger partial charge in [0.2, 0.25) is 0 Å². The second-order valence-electron chi connectivity index (χ2n) is 8.97. The van der Waals surface area contributed by atoms with Gasteiger partial charge >= 0.3 is 6.03 Å². The number of aromatic nitrogens is 2. The van der Waals surface area contributed by atoms with E-state index in [0.29, 0.717) is 28.9 Å². The highest BCUT2D eigenvalue weighted by molar-refractivity contribution is 6.09. The lowest BCUT2D eigenvalue weighted by molar-refractivity contribution is -0.127. The fourth-order valence-corrected chi connectivity index (χ4v) is 4.78. The number of amides is 3. The van der Waals surface area contributed by atoms with Crippen LogP contribution in [0.5, 0.6) is 0 Å². The van der Waals surface area contributed by atoms with Gasteiger partial charge in [-0.15, -0.1) is 0 Å². The van der Waals surface area contributed by atoms with E-state index in [0.717, 1.165) is 27.1 Å². The number of rotatable bonds is 6. The van der Waals surface area contributed by atoms with Crippen molar-refractivity contribution in [3.63, 3.8) is 0 Å². The van der Waals surface area contributed by atoms with Crippen LogP contribution in [0.4, 0.5) is 9.18 Å². The minimum absolute atomic E-state index is 0.326. The highest BCUT2D eigenvalue weighted by Crippen LogP contribution is 2.24. The number of Topliss-reactive ketones (excluding diaryl/α,β-unsaturated/α-hetero) is 1. The van der Waals surface area contributed by atoms with Crippen molar-refractivity contribution in [1.82, 2.24) is 19.8 Å². The number of aryl methyl sites for hydroxylation is 2. The minimum atomic E-state index is -0.738. The number of imide groups is 1. The largest absolute Gasteiger partial charge is 0.361 e. The third-order valence-electron chi connectivity index (χ3n) is 6.65. The highest BCUT2D eigenvalue weighted by Gasteiger charge is 2.39. The van der Waals surface area contributed by atoms with Crippen molar-refractivity contribution in [3.05, 3.63) is 88.6 Å². The molecule has 1 aliphatic rings. The molecule has 1 aliphatic heterocycles. The predicted molar refractivity (Wildman–Crippen MR) is 130 cm³/mol. The van der Waals surface area contributed by atoms with Gasteiger partial charge in [0, 0.05) is 46.2 Å². The van der Waals surface area contributed by atoms with Crippen LogP contribution in [-0.4, -0.2) is 44.8 Å². The molecule has 5 rings (SSSR count). The normalized spacial score (nSPS) is 15.8. The number of carbonyl (C=O) groups excluding carboxylic acids is 3. The number of hydrogen-bond acceptors (Lipinski definition) is 3.